The summed E-state index contributed by atoms with van der Waals surface area (Å²) in [5.74, 6) is 0. The summed E-state index contributed by atoms with van der Waals surface area (Å²) in [5, 5.41) is 15.9. The van der Waals surface area contributed by atoms with Gasteiger partial charge in [0.2, 0.25) is 0 Å². The largest absolute Gasteiger partial charge is 0.0610 e. The Hall–Kier alpha value is -5.72. The van der Waals surface area contributed by atoms with E-state index < -0.39 is 0 Å². The first-order valence-corrected chi connectivity index (χ1v) is 15.3. The van der Waals surface area contributed by atoms with Gasteiger partial charge >= 0.3 is 0 Å². The van der Waals surface area contributed by atoms with Gasteiger partial charge in [-0.05, 0) is 128 Å². The van der Waals surface area contributed by atoms with Crippen molar-refractivity contribution in [2.24, 2.45) is 0 Å². The molecular weight excluding hydrogens is 528 g/mol. The van der Waals surface area contributed by atoms with Crippen LogP contribution in [0.4, 0.5) is 0 Å². The molecule has 0 radical (unpaired) electrons. The molecule has 0 N–H and O–H groups in total. The van der Waals surface area contributed by atoms with Crippen molar-refractivity contribution in [2.45, 2.75) is 0 Å². The molecule has 0 saturated carbocycles. The summed E-state index contributed by atoms with van der Waals surface area (Å²) in [4.78, 5) is 0. The Morgan fingerprint density at radius 1 is 0.182 bits per heavy atom. The third-order valence-corrected chi connectivity index (χ3v) is 9.67. The molecule has 44 heavy (non-hydrogen) atoms. The van der Waals surface area contributed by atoms with Crippen LogP contribution >= 0.6 is 0 Å². The maximum atomic E-state index is 2.35. The molecule has 0 aliphatic carbocycles. The van der Waals surface area contributed by atoms with Gasteiger partial charge in [0.05, 0.1) is 0 Å². The molecule has 202 valence electrons. The quantitative estimate of drug-likeness (QED) is 0.191. The minimum Gasteiger partial charge on any atom is -0.0610 e. The first kappa shape index (κ1) is 23.8. The Bertz CT molecular complexity index is 2560. The normalized spacial score (nSPS) is 12.1. The summed E-state index contributed by atoms with van der Waals surface area (Å²) in [6.07, 6.45) is 0. The van der Waals surface area contributed by atoms with Gasteiger partial charge in [-0.15, -0.1) is 0 Å². The lowest BCUT2D eigenvalue weighted by atomic mass is 9.90. The van der Waals surface area contributed by atoms with Gasteiger partial charge in [-0.1, -0.05) is 127 Å². The molecule has 0 spiro atoms. The van der Waals surface area contributed by atoms with Gasteiger partial charge in [0.25, 0.3) is 0 Å². The molecule has 0 aromatic heterocycles. The van der Waals surface area contributed by atoms with Gasteiger partial charge < -0.3 is 0 Å². The van der Waals surface area contributed by atoms with Crippen molar-refractivity contribution >= 4 is 64.6 Å². The summed E-state index contributed by atoms with van der Waals surface area (Å²) in [7, 11) is 0. The van der Waals surface area contributed by atoms with Crippen LogP contribution in [0.5, 0.6) is 0 Å². The van der Waals surface area contributed by atoms with E-state index in [0.29, 0.717) is 0 Å². The first-order valence-electron chi connectivity index (χ1n) is 15.3. The predicted octanol–water partition coefficient (Wildman–Crippen LogP) is 12.5. The standard InChI is InChI=1S/C44H26/c1-4-29-14-18-35-23-39(24-36-19-15-30(5-1)41(29)43(35)36)28-12-10-27(11-13-28)33-8-3-9-34(22-33)40-25-37-20-16-31-6-2-7-32-17-21-38(26-40)44(37)42(31)32/h1-26H. The molecule has 0 fully saturated rings. The molecule has 0 amide bonds. The zero-order valence-corrected chi connectivity index (χ0v) is 24.0. The van der Waals surface area contributed by atoms with Gasteiger partial charge in [0, 0.05) is 0 Å². The number of rotatable bonds is 3. The Morgan fingerprint density at radius 3 is 0.909 bits per heavy atom. The highest BCUT2D eigenvalue weighted by atomic mass is 14.2. The topological polar surface area (TPSA) is 0 Å². The molecule has 0 saturated heterocycles. The molecule has 0 atom stereocenters. The van der Waals surface area contributed by atoms with Crippen molar-refractivity contribution in [2.75, 3.05) is 0 Å². The van der Waals surface area contributed by atoms with Crippen molar-refractivity contribution < 1.29 is 0 Å². The summed E-state index contributed by atoms with van der Waals surface area (Å²) in [6, 6.07) is 58.7. The SMILES string of the molecule is c1cc(-c2ccc(-c3cc4ccc5cccc6ccc(c3)c4c56)cc2)cc(-c2cc3ccc4cccc5ccc(c2)c3c45)c1. The molecule has 0 heterocycles. The van der Waals surface area contributed by atoms with E-state index in [2.05, 4.69) is 158 Å². The Kier molecular flexibility index (Phi) is 4.81. The van der Waals surface area contributed by atoms with E-state index in [9.17, 15) is 0 Å². The fraction of sp³-hybridized carbons (Fsp3) is 0. The fourth-order valence-corrected chi connectivity index (χ4v) is 7.57. The summed E-state index contributed by atoms with van der Waals surface area (Å²) in [5.41, 5.74) is 7.44. The molecule has 0 unspecified atom stereocenters. The average molecular weight is 555 g/mol. The summed E-state index contributed by atoms with van der Waals surface area (Å²) in [6.45, 7) is 0. The van der Waals surface area contributed by atoms with E-state index in [1.54, 1.807) is 0 Å². The van der Waals surface area contributed by atoms with Crippen LogP contribution in [-0.4, -0.2) is 0 Å². The predicted molar refractivity (Wildman–Crippen MR) is 190 cm³/mol. The lowest BCUT2D eigenvalue weighted by Crippen LogP contribution is -1.87. The second-order valence-electron chi connectivity index (χ2n) is 12.2. The zero-order valence-electron chi connectivity index (χ0n) is 24.0. The van der Waals surface area contributed by atoms with Gasteiger partial charge in [0.15, 0.2) is 0 Å². The molecule has 10 aromatic carbocycles. The smallest absolute Gasteiger partial charge is 0.00264 e. The van der Waals surface area contributed by atoms with Gasteiger partial charge in [0.1, 0.15) is 0 Å². The third-order valence-electron chi connectivity index (χ3n) is 9.67. The summed E-state index contributed by atoms with van der Waals surface area (Å²) < 4.78 is 0. The van der Waals surface area contributed by atoms with Gasteiger partial charge in [-0.25, -0.2) is 0 Å². The fourth-order valence-electron chi connectivity index (χ4n) is 7.57. The van der Waals surface area contributed by atoms with Crippen LogP contribution in [0.15, 0.2) is 158 Å². The Labute approximate surface area is 255 Å². The highest BCUT2D eigenvalue weighted by Crippen LogP contribution is 2.40. The van der Waals surface area contributed by atoms with Crippen molar-refractivity contribution in [3.63, 3.8) is 0 Å². The van der Waals surface area contributed by atoms with Crippen LogP contribution < -0.4 is 0 Å². The third kappa shape index (κ3) is 3.46. The number of hydrogen-bond acceptors (Lipinski definition) is 0. The van der Waals surface area contributed by atoms with Crippen molar-refractivity contribution in [3.8, 4) is 33.4 Å². The maximum Gasteiger partial charge on any atom is -0.00264 e. The van der Waals surface area contributed by atoms with E-state index in [1.807, 2.05) is 0 Å². The molecule has 0 aliphatic rings. The second kappa shape index (κ2) is 8.89. The number of benzene rings is 10. The van der Waals surface area contributed by atoms with Crippen LogP contribution in [0, 0.1) is 0 Å². The lowest BCUT2D eigenvalue weighted by Gasteiger charge is -2.14. The minimum atomic E-state index is 1.23. The molecule has 0 nitrogen and oxygen atoms in total. The summed E-state index contributed by atoms with van der Waals surface area (Å²) >= 11 is 0. The van der Waals surface area contributed by atoms with Gasteiger partial charge in [-0.3, -0.25) is 0 Å². The second-order valence-corrected chi connectivity index (χ2v) is 12.2. The first-order chi connectivity index (χ1) is 21.8. The van der Waals surface area contributed by atoms with Crippen molar-refractivity contribution in [1.82, 2.24) is 0 Å². The zero-order chi connectivity index (χ0) is 28.8. The highest BCUT2D eigenvalue weighted by molar-refractivity contribution is 6.24. The van der Waals surface area contributed by atoms with E-state index in [4.69, 9.17) is 0 Å². The van der Waals surface area contributed by atoms with Crippen molar-refractivity contribution in [1.29, 1.82) is 0 Å². The monoisotopic (exact) mass is 554 g/mol. The molecule has 10 rings (SSSR count). The van der Waals surface area contributed by atoms with Crippen LogP contribution in [-0.2, 0) is 0 Å². The Morgan fingerprint density at radius 2 is 0.477 bits per heavy atom. The molecule has 0 heteroatoms. The molecule has 0 bridgehead atoms. The van der Waals surface area contributed by atoms with Crippen molar-refractivity contribution in [3.05, 3.63) is 158 Å². The average Bonchev–Trinajstić information content (AvgIpc) is 3.09. The van der Waals surface area contributed by atoms with Crippen LogP contribution in [0.3, 0.4) is 0 Å². The molecule has 10 aromatic rings. The maximum absolute atomic E-state index is 2.35. The van der Waals surface area contributed by atoms with Crippen LogP contribution in [0.25, 0.3) is 98.0 Å². The minimum absolute atomic E-state index is 1.23. The van der Waals surface area contributed by atoms with E-state index in [1.165, 1.54) is 98.0 Å². The molecule has 0 aliphatic heterocycles. The Balaban J connectivity index is 1.03. The number of hydrogen-bond donors (Lipinski definition) is 0. The highest BCUT2D eigenvalue weighted by Gasteiger charge is 2.12. The van der Waals surface area contributed by atoms with E-state index in [-0.39, 0.29) is 0 Å². The van der Waals surface area contributed by atoms with Crippen LogP contribution in [0.1, 0.15) is 0 Å². The van der Waals surface area contributed by atoms with E-state index in [0.717, 1.165) is 0 Å². The van der Waals surface area contributed by atoms with Gasteiger partial charge in [-0.2, -0.15) is 0 Å². The lowest BCUT2D eigenvalue weighted by molar-refractivity contribution is 1.59. The van der Waals surface area contributed by atoms with E-state index >= 15 is 0 Å². The molecular formula is C44H26. The van der Waals surface area contributed by atoms with Crippen LogP contribution in [0.2, 0.25) is 0 Å².